The molecule has 2 aliphatic heterocycles. The minimum absolute atomic E-state index is 0.00863. The number of rotatable bonds is 26. The summed E-state index contributed by atoms with van der Waals surface area (Å²) in [5, 5.41) is 216. The van der Waals surface area contributed by atoms with Gasteiger partial charge >= 0.3 is 5.97 Å². The number of hydrogen-bond donors (Lipinski definition) is 23. The predicted molar refractivity (Wildman–Crippen MR) is 382 cm³/mol. The van der Waals surface area contributed by atoms with E-state index in [1.165, 1.54) is 5.56 Å². The summed E-state index contributed by atoms with van der Waals surface area (Å²) in [5.74, 6) is -0.180. The molecular weight excluding hydrogens is 1330 g/mol. The summed E-state index contributed by atoms with van der Waals surface area (Å²) in [5.41, 5.74) is 1.21. The van der Waals surface area contributed by atoms with Crippen molar-refractivity contribution >= 4 is 5.97 Å². The maximum Gasteiger partial charge on any atom is 0.317 e. The average molecular weight is 1470 g/mol. The summed E-state index contributed by atoms with van der Waals surface area (Å²) >= 11 is 0. The lowest BCUT2D eigenvalue weighted by Gasteiger charge is -2.41. The summed E-state index contributed by atoms with van der Waals surface area (Å²) < 4.78 is 5.18. The van der Waals surface area contributed by atoms with E-state index in [1.54, 1.807) is 12.0 Å². The molecule has 27 heteroatoms. The number of nitrogens with zero attached hydrogens (tertiary/aromatic N) is 2. The molecule has 9 rings (SSSR count). The van der Waals surface area contributed by atoms with Gasteiger partial charge in [-0.1, -0.05) is 85.8 Å². The molecule has 600 valence electrons. The molecule has 0 radical (unpaired) electrons. The van der Waals surface area contributed by atoms with Crippen LogP contribution in [0.3, 0.4) is 0 Å². The third-order valence-electron chi connectivity index (χ3n) is 23.3. The molecule has 102 heavy (non-hydrogen) atoms. The summed E-state index contributed by atoms with van der Waals surface area (Å²) in [4.78, 5) is 14.6. The zero-order chi connectivity index (χ0) is 76.7. The highest BCUT2D eigenvalue weighted by Crippen LogP contribution is 2.40. The lowest BCUT2D eigenvalue weighted by molar-refractivity contribution is -0.138. The molecule has 6 saturated carbocycles. The number of carboxylic acids is 1. The van der Waals surface area contributed by atoms with Crippen molar-refractivity contribution in [3.63, 3.8) is 0 Å². The van der Waals surface area contributed by atoms with Crippen molar-refractivity contribution in [3.05, 3.63) is 29.8 Å². The highest BCUT2D eigenvalue weighted by molar-refractivity contribution is 5.69. The monoisotopic (exact) mass is 1470 g/mol. The third kappa shape index (κ3) is 27.6. The molecule has 2 saturated heterocycles. The van der Waals surface area contributed by atoms with Crippen LogP contribution >= 0.6 is 0 Å². The highest BCUT2D eigenvalue weighted by Gasteiger charge is 2.51. The first-order valence-electron chi connectivity index (χ1n) is 38.4. The minimum Gasteiger partial charge on any atom is -0.497 e. The van der Waals surface area contributed by atoms with Gasteiger partial charge in [0, 0.05) is 74.7 Å². The third-order valence-corrected chi connectivity index (χ3v) is 23.3. The molecule has 2 unspecified atom stereocenters. The van der Waals surface area contributed by atoms with Crippen molar-refractivity contribution in [1.29, 1.82) is 0 Å². The van der Waals surface area contributed by atoms with Gasteiger partial charge in [0.15, 0.2) is 0 Å². The van der Waals surface area contributed by atoms with E-state index < -0.39 is 104 Å². The number of carboxylic acid groups (broad SMARTS) is 1. The molecule has 8 fully saturated rings. The van der Waals surface area contributed by atoms with E-state index in [0.717, 1.165) is 108 Å². The van der Waals surface area contributed by atoms with E-state index in [0.29, 0.717) is 51.6 Å². The van der Waals surface area contributed by atoms with Crippen LogP contribution in [0.4, 0.5) is 0 Å². The molecule has 8 aliphatic rings. The fraction of sp³-hybridized carbons (Fsp3) is 0.907. The topological polar surface area (TPSA) is 498 Å². The van der Waals surface area contributed by atoms with Crippen LogP contribution in [0.5, 0.6) is 5.75 Å². The lowest BCUT2D eigenvalue weighted by Crippen LogP contribution is -2.51. The largest absolute Gasteiger partial charge is 0.497 e. The number of aliphatic hydroxyl groups excluding tert-OH is 22. The predicted octanol–water partition coefficient (Wildman–Crippen LogP) is -0.123. The Morgan fingerprint density at radius 3 is 1.13 bits per heavy atom. The second-order valence-electron chi connectivity index (χ2n) is 30.4. The van der Waals surface area contributed by atoms with Gasteiger partial charge in [-0.2, -0.15) is 0 Å². The van der Waals surface area contributed by atoms with Gasteiger partial charge in [0.1, 0.15) is 11.9 Å². The number of aliphatic hydroxyl groups is 22. The van der Waals surface area contributed by atoms with Crippen LogP contribution in [-0.4, -0.2) is 315 Å². The van der Waals surface area contributed by atoms with Gasteiger partial charge in [-0.05, 0) is 175 Å². The van der Waals surface area contributed by atoms with Crippen molar-refractivity contribution in [1.82, 2.24) is 9.80 Å². The first-order valence-corrected chi connectivity index (χ1v) is 38.4. The lowest BCUT2D eigenvalue weighted by atomic mass is 9.79. The summed E-state index contributed by atoms with van der Waals surface area (Å²) in [7, 11) is 1.65. The van der Waals surface area contributed by atoms with Crippen LogP contribution in [-0.2, 0) is 11.2 Å². The summed E-state index contributed by atoms with van der Waals surface area (Å²) in [6.07, 6.45) is 6.37. The number of hydrogen-bond acceptors (Lipinski definition) is 26. The first kappa shape index (κ1) is 93.7. The summed E-state index contributed by atoms with van der Waals surface area (Å²) in [6.45, 7) is 12.9. The van der Waals surface area contributed by atoms with E-state index >= 15 is 0 Å². The van der Waals surface area contributed by atoms with Crippen molar-refractivity contribution in [2.24, 2.45) is 65.1 Å². The Labute approximate surface area is 606 Å². The van der Waals surface area contributed by atoms with E-state index in [9.17, 15) is 91.6 Å². The van der Waals surface area contributed by atoms with Crippen LogP contribution in [0.15, 0.2) is 24.3 Å². The number of benzene rings is 1. The van der Waals surface area contributed by atoms with Crippen LogP contribution in [0, 0.1) is 65.1 Å². The second-order valence-corrected chi connectivity index (χ2v) is 30.4. The molecule has 2 heterocycles. The van der Waals surface area contributed by atoms with Crippen LogP contribution in [0.1, 0.15) is 182 Å². The van der Waals surface area contributed by atoms with Gasteiger partial charge in [-0.3, -0.25) is 14.6 Å². The molecule has 1 aromatic carbocycles. The normalized spacial score (nSPS) is 38.7. The number of methoxy groups -OCH3 is 1. The first-order chi connectivity index (χ1) is 48.5. The number of aliphatic carboxylic acids is 1. The molecule has 0 spiro atoms. The molecule has 0 amide bonds. The van der Waals surface area contributed by atoms with Gasteiger partial charge in [0.25, 0.3) is 0 Å². The Bertz CT molecular complexity index is 2190. The fourth-order valence-electron chi connectivity index (χ4n) is 16.9. The molecule has 6 aliphatic carbocycles. The van der Waals surface area contributed by atoms with Gasteiger partial charge in [-0.15, -0.1) is 0 Å². The van der Waals surface area contributed by atoms with Crippen molar-refractivity contribution in [2.45, 2.75) is 299 Å². The van der Waals surface area contributed by atoms with E-state index in [1.807, 2.05) is 26.0 Å². The zero-order valence-electron chi connectivity index (χ0n) is 62.0. The van der Waals surface area contributed by atoms with Gasteiger partial charge in [0.05, 0.1) is 118 Å². The molecule has 23 N–H and O–H groups in total. The Morgan fingerprint density at radius 2 is 0.814 bits per heavy atom. The number of fused-ring (bicyclic) bond motifs is 1. The maximum atomic E-state index is 10.6. The SMILES string of the molecule is CCC(O)C[C@H]1CC[C@H](O)[C@H](O)[C@H]1O.CCC[C@@H]1C[C@@H](CO)[C@@H](O)[C@@H]1O.CCC[C@@H]1C[C@@H](CO)[C@H](O)[C@H]1O.CCC[C@H]1C[C@@H](CO)[C@H](O)[C@H]1O.CCC[C@H]1C[C@H](CO)[C@H](O)[C@H]1O.CCN(CC[C@H]1C[C@@H](CO)[C@H](O)[C@H]1O)CC(=O)O.COc1ccc(CC2CCC[C@@H]3[C@H](O)[C@@H](O)[C@H](CO)N23)cc1. The minimum atomic E-state index is -1.06. The molecule has 27 nitrogen and oxygen atoms in total. The Balaban J connectivity index is 0.000000314. The number of ether oxygens (including phenoxy) is 1. The van der Waals surface area contributed by atoms with E-state index in [-0.39, 0.29) is 129 Å². The van der Waals surface area contributed by atoms with E-state index in [2.05, 4.69) is 44.7 Å². The maximum absolute atomic E-state index is 10.6. The van der Waals surface area contributed by atoms with Gasteiger partial charge in [-0.25, -0.2) is 0 Å². The van der Waals surface area contributed by atoms with Crippen LogP contribution < -0.4 is 4.74 Å². The quantitative estimate of drug-likeness (QED) is 0.0575. The number of likely N-dealkylation sites (N-methyl/N-ethyl adjacent to an activating group) is 1. The Kier molecular flexibility index (Phi) is 44.9. The van der Waals surface area contributed by atoms with Crippen molar-refractivity contribution in [3.8, 4) is 5.75 Å². The Hall–Kier alpha value is -2.47. The van der Waals surface area contributed by atoms with E-state index in [4.69, 9.17) is 35.4 Å². The van der Waals surface area contributed by atoms with Crippen molar-refractivity contribution in [2.75, 3.05) is 66.4 Å². The zero-order valence-corrected chi connectivity index (χ0v) is 62.0. The van der Waals surface area contributed by atoms with Gasteiger partial charge < -0.3 is 122 Å². The van der Waals surface area contributed by atoms with Crippen LogP contribution in [0.2, 0.25) is 0 Å². The molecule has 1 aromatic rings. The Morgan fingerprint density at radius 1 is 0.451 bits per heavy atom. The average Bonchev–Trinajstić information content (AvgIpc) is 1.61. The van der Waals surface area contributed by atoms with Crippen LogP contribution in [0.25, 0.3) is 0 Å². The highest BCUT2D eigenvalue weighted by atomic mass is 16.5. The fourth-order valence-corrected chi connectivity index (χ4v) is 16.9. The molecule has 0 aromatic heterocycles. The smallest absolute Gasteiger partial charge is 0.317 e. The molecular formula is C75H140N2O25. The molecule has 0 bridgehead atoms. The summed E-state index contributed by atoms with van der Waals surface area (Å²) in [6, 6.07) is 7.86. The second kappa shape index (κ2) is 48.8. The standard InChI is InChI=1S/C17H25NO4.C12H23NO5.C10H20O4.4C9H18O3/c1-22-13-7-5-11(6-8-13)9-12-3-2-4-14-16(20)17(21)15(10-19)18(12)14;1-2-13(6-10(15)16)4-3-8-5-9(7-14)12(18)11(8)17;1-2-7(11)5-6-3-4-8(12)10(14)9(6)13;4*1-2-3-6-4-7(5-10)9(12)8(6)11/h5-8,12,14-17,19-21H,2-4,9-10H2,1H3;8-9,11-12,14,17-18H,2-7H2,1H3,(H,15,16);6-14H,2-5H2,1H3;4*6-12H,2-5H2,1H3/t12?,14-,15+,16+,17+;8-,9-,11-,12-;6-,7?,8+,9+,10+;6-,7+,8+,9+;2*6-,7+,8-,9-;6-,7-,8-,9-/m1011100/s1. The number of carbonyl (C=O) groups is 1. The molecule has 30 atom stereocenters. The van der Waals surface area contributed by atoms with Crippen molar-refractivity contribution < 1.29 is 127 Å². The number of piperidine rings is 1. The van der Waals surface area contributed by atoms with Gasteiger partial charge in [0.2, 0.25) is 0 Å².